The number of rotatable bonds is 3. The molecule has 0 saturated heterocycles. The van der Waals surface area contributed by atoms with Crippen molar-refractivity contribution in [3.8, 4) is 5.75 Å². The van der Waals surface area contributed by atoms with E-state index in [-0.39, 0.29) is 23.6 Å². The number of aromatic hydroxyl groups is 1. The Morgan fingerprint density at radius 2 is 2.25 bits per heavy atom. The summed E-state index contributed by atoms with van der Waals surface area (Å²) >= 11 is 0. The molecule has 1 rings (SSSR count). The Bertz CT molecular complexity index is 407. The van der Waals surface area contributed by atoms with Crippen molar-refractivity contribution in [2.45, 2.75) is 19.8 Å². The molecule has 0 saturated carbocycles. The maximum atomic E-state index is 12.6. The van der Waals surface area contributed by atoms with Crippen LogP contribution in [0.1, 0.15) is 23.4 Å². The van der Waals surface area contributed by atoms with E-state index in [1.165, 1.54) is 6.92 Å². The largest absolute Gasteiger partial charge is 0.506 e. The normalized spacial score (nSPS) is 10.6. The first kappa shape index (κ1) is 12.4. The van der Waals surface area contributed by atoms with Crippen molar-refractivity contribution in [2.75, 3.05) is 7.11 Å². The molecule has 0 aromatic carbocycles. The number of carbonyl (C=O) groups excluding carboxylic acids is 1. The smallest absolute Gasteiger partial charge is 0.311 e. The van der Waals surface area contributed by atoms with Crippen LogP contribution in [-0.4, -0.2) is 23.2 Å². The molecule has 0 aliphatic rings. The highest BCUT2D eigenvalue weighted by Crippen LogP contribution is 2.27. The van der Waals surface area contributed by atoms with Crippen LogP contribution >= 0.6 is 0 Å². The quantitative estimate of drug-likeness (QED) is 0.805. The van der Waals surface area contributed by atoms with Crippen molar-refractivity contribution in [1.82, 2.24) is 4.98 Å². The number of carbonyl (C=O) groups is 1. The molecular weight excluding hydrogens is 220 g/mol. The first-order chi connectivity index (χ1) is 7.45. The minimum absolute atomic E-state index is 0.0721. The van der Waals surface area contributed by atoms with Crippen LogP contribution in [0, 0.1) is 6.92 Å². The van der Waals surface area contributed by atoms with Gasteiger partial charge in [0.05, 0.1) is 24.9 Å². The van der Waals surface area contributed by atoms with Gasteiger partial charge in [-0.15, -0.1) is 0 Å². The van der Waals surface area contributed by atoms with Gasteiger partial charge in [-0.2, -0.15) is 0 Å². The lowest BCUT2D eigenvalue weighted by Crippen LogP contribution is -2.10. The van der Waals surface area contributed by atoms with Crippen LogP contribution in [0.15, 0.2) is 6.07 Å². The lowest BCUT2D eigenvalue weighted by Gasteiger charge is -2.09. The fourth-order valence-electron chi connectivity index (χ4n) is 1.20. The summed E-state index contributed by atoms with van der Waals surface area (Å²) in [7, 11) is 1.16. The molecule has 88 valence electrons. The molecule has 0 bridgehead atoms. The molecule has 16 heavy (non-hydrogen) atoms. The molecule has 0 spiro atoms. The van der Waals surface area contributed by atoms with Crippen LogP contribution in [0.4, 0.5) is 8.78 Å². The first-order valence-corrected chi connectivity index (χ1v) is 4.50. The van der Waals surface area contributed by atoms with E-state index in [0.717, 1.165) is 13.2 Å². The summed E-state index contributed by atoms with van der Waals surface area (Å²) in [4.78, 5) is 14.7. The summed E-state index contributed by atoms with van der Waals surface area (Å²) < 4.78 is 29.6. The van der Waals surface area contributed by atoms with Gasteiger partial charge in [-0.1, -0.05) is 0 Å². The lowest BCUT2D eigenvalue weighted by molar-refractivity contribution is -0.139. The molecule has 4 nitrogen and oxygen atoms in total. The molecule has 1 heterocycles. The summed E-state index contributed by atoms with van der Waals surface area (Å²) in [6, 6.07) is 0.922. The van der Waals surface area contributed by atoms with Gasteiger partial charge in [-0.3, -0.25) is 9.78 Å². The minimum Gasteiger partial charge on any atom is -0.506 e. The zero-order valence-electron chi connectivity index (χ0n) is 8.83. The van der Waals surface area contributed by atoms with E-state index in [2.05, 4.69) is 9.72 Å². The van der Waals surface area contributed by atoms with Crippen molar-refractivity contribution in [3.05, 3.63) is 23.0 Å². The van der Waals surface area contributed by atoms with E-state index in [1.54, 1.807) is 0 Å². The highest BCUT2D eigenvalue weighted by atomic mass is 19.3. The Labute approximate surface area is 90.9 Å². The van der Waals surface area contributed by atoms with Gasteiger partial charge in [0.2, 0.25) is 0 Å². The van der Waals surface area contributed by atoms with E-state index in [0.29, 0.717) is 0 Å². The first-order valence-electron chi connectivity index (χ1n) is 4.50. The van der Waals surface area contributed by atoms with Crippen LogP contribution in [0.25, 0.3) is 0 Å². The number of halogens is 2. The zero-order chi connectivity index (χ0) is 12.3. The van der Waals surface area contributed by atoms with Gasteiger partial charge in [-0.05, 0) is 13.0 Å². The van der Waals surface area contributed by atoms with Gasteiger partial charge in [0.15, 0.2) is 0 Å². The Kier molecular flexibility index (Phi) is 3.76. The highest BCUT2D eigenvalue weighted by Gasteiger charge is 2.19. The van der Waals surface area contributed by atoms with Crippen molar-refractivity contribution in [3.63, 3.8) is 0 Å². The number of alkyl halides is 2. The predicted molar refractivity (Wildman–Crippen MR) is 51.3 cm³/mol. The van der Waals surface area contributed by atoms with E-state index in [9.17, 15) is 18.7 Å². The van der Waals surface area contributed by atoms with Crippen LogP contribution < -0.4 is 0 Å². The fourth-order valence-corrected chi connectivity index (χ4v) is 1.20. The van der Waals surface area contributed by atoms with Gasteiger partial charge < -0.3 is 9.84 Å². The molecule has 1 aromatic rings. The molecular formula is C10H11F2NO3. The molecule has 0 aliphatic heterocycles. The summed E-state index contributed by atoms with van der Waals surface area (Å²) in [5.41, 5.74) is -0.325. The molecule has 0 atom stereocenters. The molecule has 1 N–H and O–H groups in total. The number of esters is 1. The summed E-state index contributed by atoms with van der Waals surface area (Å²) in [5, 5.41) is 9.25. The second-order valence-electron chi connectivity index (χ2n) is 3.18. The van der Waals surface area contributed by atoms with Gasteiger partial charge >= 0.3 is 5.97 Å². The van der Waals surface area contributed by atoms with E-state index in [4.69, 9.17) is 0 Å². The monoisotopic (exact) mass is 231 g/mol. The number of methoxy groups -OCH3 is 1. The lowest BCUT2D eigenvalue weighted by atomic mass is 10.1. The summed E-state index contributed by atoms with van der Waals surface area (Å²) in [6.45, 7) is 1.46. The van der Waals surface area contributed by atoms with Gasteiger partial charge in [-0.25, -0.2) is 8.78 Å². The predicted octanol–water partition coefficient (Wildman–Crippen LogP) is 1.75. The Morgan fingerprint density at radius 1 is 1.62 bits per heavy atom. The number of hydrogen-bond donors (Lipinski definition) is 1. The van der Waals surface area contributed by atoms with Crippen LogP contribution in [0.5, 0.6) is 5.75 Å². The fraction of sp³-hybridized carbons (Fsp3) is 0.400. The minimum atomic E-state index is -2.79. The molecule has 0 radical (unpaired) electrons. The second-order valence-corrected chi connectivity index (χ2v) is 3.18. The van der Waals surface area contributed by atoms with Crippen LogP contribution in [0.3, 0.4) is 0 Å². The topological polar surface area (TPSA) is 59.4 Å². The third-order valence-corrected chi connectivity index (χ3v) is 2.07. The van der Waals surface area contributed by atoms with E-state index >= 15 is 0 Å². The molecule has 1 aromatic heterocycles. The van der Waals surface area contributed by atoms with Gasteiger partial charge in [0.25, 0.3) is 6.43 Å². The molecule has 0 aliphatic carbocycles. The highest BCUT2D eigenvalue weighted by molar-refractivity contribution is 5.72. The second kappa shape index (κ2) is 4.87. The maximum Gasteiger partial charge on any atom is 0.311 e. The zero-order valence-corrected chi connectivity index (χ0v) is 8.83. The molecule has 0 unspecified atom stereocenters. The van der Waals surface area contributed by atoms with Gasteiger partial charge in [0, 0.05) is 5.56 Å². The number of ether oxygens (including phenoxy) is 1. The third kappa shape index (κ3) is 2.65. The summed E-state index contributed by atoms with van der Waals surface area (Å²) in [5.74, 6) is -0.969. The number of aromatic nitrogens is 1. The molecule has 0 amide bonds. The Morgan fingerprint density at radius 3 is 2.75 bits per heavy atom. The van der Waals surface area contributed by atoms with Crippen molar-refractivity contribution < 1.29 is 23.4 Å². The number of pyridine rings is 1. The van der Waals surface area contributed by atoms with Crippen molar-refractivity contribution in [1.29, 1.82) is 0 Å². The average molecular weight is 231 g/mol. The Balaban J connectivity index is 3.14. The maximum absolute atomic E-state index is 12.6. The van der Waals surface area contributed by atoms with Crippen molar-refractivity contribution in [2.24, 2.45) is 0 Å². The van der Waals surface area contributed by atoms with Crippen molar-refractivity contribution >= 4 is 5.97 Å². The van der Waals surface area contributed by atoms with Crippen LogP contribution in [-0.2, 0) is 16.0 Å². The van der Waals surface area contributed by atoms with Crippen LogP contribution in [0.2, 0.25) is 0 Å². The average Bonchev–Trinajstić information content (AvgIpc) is 2.22. The standard InChI is InChI=1S/C10H11F2NO3/c1-5-8(14)3-6(10(11)12)7(13-5)4-9(15)16-2/h3,10,14H,4H2,1-2H3. The van der Waals surface area contributed by atoms with E-state index < -0.39 is 18.0 Å². The van der Waals surface area contributed by atoms with E-state index in [1.807, 2.05) is 0 Å². The number of aryl methyl sites for hydroxylation is 1. The SMILES string of the molecule is COC(=O)Cc1nc(C)c(O)cc1C(F)F. The number of nitrogens with zero attached hydrogens (tertiary/aromatic N) is 1. The number of hydrogen-bond acceptors (Lipinski definition) is 4. The van der Waals surface area contributed by atoms with Gasteiger partial charge in [0.1, 0.15) is 5.75 Å². The summed E-state index contributed by atoms with van der Waals surface area (Å²) in [6.07, 6.45) is -3.13. The Hall–Kier alpha value is -1.72. The third-order valence-electron chi connectivity index (χ3n) is 2.07. The molecule has 0 fully saturated rings. The molecule has 6 heteroatoms.